The highest BCUT2D eigenvalue weighted by Crippen LogP contribution is 2.35. The molecule has 0 bridgehead atoms. The second-order valence-corrected chi connectivity index (χ2v) is 7.96. The van der Waals surface area contributed by atoms with Gasteiger partial charge in [-0.15, -0.1) is 0 Å². The third-order valence-corrected chi connectivity index (χ3v) is 5.79. The molecule has 1 fully saturated rings. The number of nitrogens with zero attached hydrogens (tertiary/aromatic N) is 2. The first-order chi connectivity index (χ1) is 15.0. The zero-order chi connectivity index (χ0) is 21.5. The lowest BCUT2D eigenvalue weighted by molar-refractivity contribution is 0.0717. The molecular formula is C24H17ClF2N2O2. The van der Waals surface area contributed by atoms with Gasteiger partial charge >= 0.3 is 0 Å². The number of amides is 1. The van der Waals surface area contributed by atoms with Crippen molar-refractivity contribution in [2.75, 3.05) is 6.54 Å². The van der Waals surface area contributed by atoms with Gasteiger partial charge in [0.05, 0.1) is 0 Å². The Hall–Kier alpha value is -3.25. The Morgan fingerprint density at radius 3 is 2.65 bits per heavy atom. The summed E-state index contributed by atoms with van der Waals surface area (Å²) in [5.74, 6) is -0.918. The molecule has 0 N–H and O–H groups in total. The van der Waals surface area contributed by atoms with Crippen molar-refractivity contribution in [3.8, 4) is 11.1 Å². The van der Waals surface area contributed by atoms with Crippen LogP contribution in [-0.2, 0) is 0 Å². The van der Waals surface area contributed by atoms with Crippen LogP contribution in [0.4, 0.5) is 8.78 Å². The van der Waals surface area contributed by atoms with E-state index in [0.717, 1.165) is 18.9 Å². The highest BCUT2D eigenvalue weighted by atomic mass is 35.5. The zero-order valence-corrected chi connectivity index (χ0v) is 17.1. The van der Waals surface area contributed by atoms with Crippen molar-refractivity contribution >= 4 is 28.6 Å². The molecule has 1 amide bonds. The first kappa shape index (κ1) is 19.7. The van der Waals surface area contributed by atoms with E-state index < -0.39 is 11.6 Å². The molecule has 0 radical (unpaired) electrons. The van der Waals surface area contributed by atoms with E-state index in [0.29, 0.717) is 39.7 Å². The summed E-state index contributed by atoms with van der Waals surface area (Å²) in [7, 11) is 0. The van der Waals surface area contributed by atoms with Gasteiger partial charge in [-0.25, -0.2) is 13.8 Å². The number of hydrogen-bond donors (Lipinski definition) is 0. The number of hydrogen-bond acceptors (Lipinski definition) is 3. The molecule has 31 heavy (non-hydrogen) atoms. The maximum absolute atomic E-state index is 14.2. The summed E-state index contributed by atoms with van der Waals surface area (Å²) in [4.78, 5) is 19.4. The minimum absolute atomic E-state index is 0.101. The van der Waals surface area contributed by atoms with Gasteiger partial charge in [0.15, 0.2) is 5.58 Å². The van der Waals surface area contributed by atoms with Crippen molar-refractivity contribution in [1.82, 2.24) is 9.88 Å². The average Bonchev–Trinajstić information content (AvgIpc) is 3.40. The first-order valence-electron chi connectivity index (χ1n) is 9.92. The third-order valence-electron chi connectivity index (χ3n) is 5.54. The molecule has 0 unspecified atom stereocenters. The summed E-state index contributed by atoms with van der Waals surface area (Å²) < 4.78 is 33.4. The molecule has 3 aromatic carbocycles. The number of likely N-dealkylation sites (tertiary alicyclic amines) is 1. The molecule has 7 heteroatoms. The van der Waals surface area contributed by atoms with Gasteiger partial charge in [-0.05, 0) is 66.9 Å². The van der Waals surface area contributed by atoms with Crippen molar-refractivity contribution < 1.29 is 18.0 Å². The summed E-state index contributed by atoms with van der Waals surface area (Å²) in [5.41, 5.74) is 2.52. The van der Waals surface area contributed by atoms with Crippen LogP contribution in [0.2, 0.25) is 5.02 Å². The lowest BCUT2D eigenvalue weighted by Gasteiger charge is -2.22. The molecule has 2 heterocycles. The monoisotopic (exact) mass is 438 g/mol. The average molecular weight is 439 g/mol. The number of oxazole rings is 1. The van der Waals surface area contributed by atoms with Crippen LogP contribution in [-0.4, -0.2) is 22.3 Å². The van der Waals surface area contributed by atoms with Gasteiger partial charge < -0.3 is 9.32 Å². The van der Waals surface area contributed by atoms with Crippen LogP contribution >= 0.6 is 11.6 Å². The van der Waals surface area contributed by atoms with E-state index in [1.807, 2.05) is 0 Å². The number of fused-ring (bicyclic) bond motifs is 1. The Balaban J connectivity index is 1.47. The van der Waals surface area contributed by atoms with Gasteiger partial charge in [-0.3, -0.25) is 4.79 Å². The fraction of sp³-hybridized carbons (Fsp3) is 0.167. The quantitative estimate of drug-likeness (QED) is 0.371. The summed E-state index contributed by atoms with van der Waals surface area (Å²) in [6.45, 7) is 0.608. The molecule has 1 aliphatic heterocycles. The zero-order valence-electron chi connectivity index (χ0n) is 16.3. The highest BCUT2D eigenvalue weighted by molar-refractivity contribution is 6.30. The molecule has 1 aliphatic rings. The number of benzene rings is 3. The molecule has 0 spiro atoms. The first-order valence-corrected chi connectivity index (χ1v) is 10.3. The van der Waals surface area contributed by atoms with Gasteiger partial charge in [-0.2, -0.15) is 0 Å². The topological polar surface area (TPSA) is 46.3 Å². The van der Waals surface area contributed by atoms with Crippen LogP contribution in [0.15, 0.2) is 65.1 Å². The molecule has 0 aliphatic carbocycles. The fourth-order valence-corrected chi connectivity index (χ4v) is 4.13. The SMILES string of the molecule is O=C(c1ccc(Cl)cc1)N1CCC[C@@H]1c1nc2cc(-c3ccc(F)cc3F)ccc2o1. The Morgan fingerprint density at radius 2 is 1.87 bits per heavy atom. The lowest BCUT2D eigenvalue weighted by Crippen LogP contribution is -2.30. The van der Waals surface area contributed by atoms with E-state index in [1.54, 1.807) is 47.4 Å². The van der Waals surface area contributed by atoms with Gasteiger partial charge in [0, 0.05) is 28.8 Å². The van der Waals surface area contributed by atoms with E-state index in [9.17, 15) is 13.6 Å². The van der Waals surface area contributed by atoms with Crippen molar-refractivity contribution in [2.24, 2.45) is 0 Å². The molecule has 0 saturated carbocycles. The number of carbonyl (C=O) groups excluding carboxylic acids is 1. The normalized spacial score (nSPS) is 16.2. The van der Waals surface area contributed by atoms with Crippen molar-refractivity contribution in [2.45, 2.75) is 18.9 Å². The van der Waals surface area contributed by atoms with E-state index in [-0.39, 0.29) is 17.5 Å². The summed E-state index contributed by atoms with van der Waals surface area (Å²) in [6, 6.07) is 15.1. The predicted molar refractivity (Wildman–Crippen MR) is 114 cm³/mol. The van der Waals surface area contributed by atoms with Crippen LogP contribution in [0.1, 0.15) is 35.1 Å². The van der Waals surface area contributed by atoms with Crippen molar-refractivity contribution in [3.63, 3.8) is 0 Å². The molecule has 156 valence electrons. The van der Waals surface area contributed by atoms with Gasteiger partial charge in [0.1, 0.15) is 23.2 Å². The second-order valence-electron chi connectivity index (χ2n) is 7.52. The van der Waals surface area contributed by atoms with Gasteiger partial charge in [-0.1, -0.05) is 17.7 Å². The molecular weight excluding hydrogens is 422 g/mol. The lowest BCUT2D eigenvalue weighted by atomic mass is 10.0. The van der Waals surface area contributed by atoms with Crippen LogP contribution in [0.3, 0.4) is 0 Å². The van der Waals surface area contributed by atoms with Crippen LogP contribution in [0.5, 0.6) is 0 Å². The van der Waals surface area contributed by atoms with E-state index >= 15 is 0 Å². The minimum Gasteiger partial charge on any atom is -0.438 e. The molecule has 1 saturated heterocycles. The standard InChI is InChI=1S/C24H17ClF2N2O2/c25-16-6-3-14(4-7-16)24(30)29-11-1-2-21(29)23-28-20-12-15(5-10-22(20)31-23)18-9-8-17(26)13-19(18)27/h3-10,12-13,21H,1-2,11H2/t21-/m1/s1. The van der Waals surface area contributed by atoms with Gasteiger partial charge in [0.2, 0.25) is 5.89 Å². The van der Waals surface area contributed by atoms with Gasteiger partial charge in [0.25, 0.3) is 5.91 Å². The summed E-state index contributed by atoms with van der Waals surface area (Å²) in [5, 5.41) is 0.571. The Morgan fingerprint density at radius 1 is 1.06 bits per heavy atom. The number of halogens is 3. The number of carbonyl (C=O) groups is 1. The number of rotatable bonds is 3. The van der Waals surface area contributed by atoms with E-state index in [4.69, 9.17) is 16.0 Å². The predicted octanol–water partition coefficient (Wildman–Crippen LogP) is 6.40. The van der Waals surface area contributed by atoms with E-state index in [1.165, 1.54) is 12.1 Å². The minimum atomic E-state index is -0.640. The molecule has 5 rings (SSSR count). The smallest absolute Gasteiger partial charge is 0.254 e. The second kappa shape index (κ2) is 7.78. The molecule has 4 aromatic rings. The number of aromatic nitrogens is 1. The molecule has 1 atom stereocenters. The molecule has 1 aromatic heterocycles. The fourth-order valence-electron chi connectivity index (χ4n) is 4.00. The summed E-state index contributed by atoms with van der Waals surface area (Å²) >= 11 is 5.93. The molecule has 4 nitrogen and oxygen atoms in total. The summed E-state index contributed by atoms with van der Waals surface area (Å²) in [6.07, 6.45) is 1.58. The van der Waals surface area contributed by atoms with Crippen LogP contribution < -0.4 is 0 Å². The van der Waals surface area contributed by atoms with E-state index in [2.05, 4.69) is 4.98 Å². The Bertz CT molecular complexity index is 1290. The van der Waals surface area contributed by atoms with Crippen molar-refractivity contribution in [3.05, 3.63) is 88.8 Å². The maximum Gasteiger partial charge on any atom is 0.254 e. The Labute approximate surface area is 182 Å². The van der Waals surface area contributed by atoms with Crippen molar-refractivity contribution in [1.29, 1.82) is 0 Å². The third kappa shape index (κ3) is 3.68. The maximum atomic E-state index is 14.2. The van der Waals surface area contributed by atoms with Crippen LogP contribution in [0.25, 0.3) is 22.2 Å². The largest absolute Gasteiger partial charge is 0.438 e. The highest BCUT2D eigenvalue weighted by Gasteiger charge is 2.34. The Kier molecular flexibility index (Phi) is 4.94. The van der Waals surface area contributed by atoms with Crippen LogP contribution in [0, 0.1) is 11.6 Å².